The van der Waals surface area contributed by atoms with Crippen LogP contribution in [0.2, 0.25) is 0 Å². The number of amides is 5. The highest BCUT2D eigenvalue weighted by molar-refractivity contribution is 6.20. The van der Waals surface area contributed by atoms with Crippen LogP contribution < -0.4 is 20.4 Å². The Labute approximate surface area is 205 Å². The van der Waals surface area contributed by atoms with Crippen LogP contribution in [-0.4, -0.2) is 74.0 Å². The maximum absolute atomic E-state index is 16.1. The van der Waals surface area contributed by atoms with E-state index >= 15 is 4.39 Å². The summed E-state index contributed by atoms with van der Waals surface area (Å²) in [4.78, 5) is 53.2. The number of carbonyl (C=O) groups excluding carboxylic acids is 4. The minimum Gasteiger partial charge on any atom is -0.380 e. The second kappa shape index (κ2) is 8.52. The van der Waals surface area contributed by atoms with Crippen LogP contribution >= 0.6 is 0 Å². The van der Waals surface area contributed by atoms with Crippen molar-refractivity contribution in [2.75, 3.05) is 30.0 Å². The number of benzene rings is 1. The fourth-order valence-corrected chi connectivity index (χ4v) is 5.67. The van der Waals surface area contributed by atoms with Crippen molar-refractivity contribution in [2.24, 2.45) is 5.41 Å². The third-order valence-corrected chi connectivity index (χ3v) is 7.20. The first-order valence-corrected chi connectivity index (χ1v) is 11.6. The van der Waals surface area contributed by atoms with E-state index in [2.05, 4.69) is 15.8 Å². The van der Waals surface area contributed by atoms with Gasteiger partial charge in [0.15, 0.2) is 17.1 Å². The monoisotopic (exact) mass is 503 g/mol. The number of barbiturate groups is 1. The summed E-state index contributed by atoms with van der Waals surface area (Å²) < 4.78 is 32.6. The summed E-state index contributed by atoms with van der Waals surface area (Å²) in [5.74, 6) is -2.20. The molecule has 0 saturated carbocycles. The van der Waals surface area contributed by atoms with E-state index in [1.807, 2.05) is 0 Å². The van der Waals surface area contributed by atoms with E-state index in [1.54, 1.807) is 31.7 Å². The molecule has 192 valence electrons. The molecule has 2 aromatic rings. The molecule has 4 heterocycles. The van der Waals surface area contributed by atoms with E-state index < -0.39 is 41.2 Å². The molecule has 2 N–H and O–H groups in total. The Morgan fingerprint density at radius 3 is 2.67 bits per heavy atom. The average molecular weight is 503 g/mol. The summed E-state index contributed by atoms with van der Waals surface area (Å²) in [6, 6.07) is -0.229. The van der Waals surface area contributed by atoms with E-state index in [0.717, 1.165) is 0 Å². The van der Waals surface area contributed by atoms with E-state index in [1.165, 1.54) is 12.0 Å². The minimum absolute atomic E-state index is 0.0817. The van der Waals surface area contributed by atoms with Gasteiger partial charge in [-0.15, -0.1) is 0 Å². The molecule has 13 heteroatoms. The first kappa shape index (κ1) is 24.1. The first-order chi connectivity index (χ1) is 17.1. The van der Waals surface area contributed by atoms with Gasteiger partial charge in [0.25, 0.3) is 0 Å². The van der Waals surface area contributed by atoms with E-state index in [4.69, 9.17) is 14.0 Å². The number of anilines is 2. The summed E-state index contributed by atoms with van der Waals surface area (Å²) in [6.45, 7) is 5.60. The Hall–Kier alpha value is -3.58. The van der Waals surface area contributed by atoms with Gasteiger partial charge in [-0.1, -0.05) is 5.16 Å². The summed E-state index contributed by atoms with van der Waals surface area (Å²) in [7, 11) is 1.50. The van der Waals surface area contributed by atoms with Crippen LogP contribution in [-0.2, 0) is 30.3 Å². The first-order valence-electron chi connectivity index (χ1n) is 11.6. The Bertz CT molecular complexity index is 1260. The molecule has 0 radical (unpaired) electrons. The van der Waals surface area contributed by atoms with Crippen LogP contribution in [0, 0.1) is 11.2 Å². The molecule has 1 aromatic heterocycles. The molecule has 2 saturated heterocycles. The van der Waals surface area contributed by atoms with Gasteiger partial charge in [-0.3, -0.25) is 29.9 Å². The van der Waals surface area contributed by atoms with Crippen molar-refractivity contribution < 1.29 is 37.6 Å². The van der Waals surface area contributed by atoms with Gasteiger partial charge in [0, 0.05) is 20.1 Å². The van der Waals surface area contributed by atoms with Crippen LogP contribution in [0.1, 0.15) is 26.3 Å². The number of halogens is 1. The molecular formula is C23H26FN5O7. The van der Waals surface area contributed by atoms with Gasteiger partial charge in [-0.2, -0.15) is 0 Å². The number of methoxy groups -OCH3 is 1. The number of ether oxygens (including phenoxy) is 2. The van der Waals surface area contributed by atoms with E-state index in [0.29, 0.717) is 12.0 Å². The van der Waals surface area contributed by atoms with Gasteiger partial charge in [0.2, 0.25) is 23.8 Å². The van der Waals surface area contributed by atoms with Crippen molar-refractivity contribution in [1.29, 1.82) is 0 Å². The number of imide groups is 2. The maximum Gasteiger partial charge on any atom is 0.328 e. The van der Waals surface area contributed by atoms with E-state index in [9.17, 15) is 19.2 Å². The fourth-order valence-electron chi connectivity index (χ4n) is 5.67. The lowest BCUT2D eigenvalue weighted by Gasteiger charge is -2.55. The third-order valence-electron chi connectivity index (χ3n) is 7.20. The number of fused-ring (bicyclic) bond motifs is 5. The number of rotatable bonds is 5. The van der Waals surface area contributed by atoms with Gasteiger partial charge < -0.3 is 18.9 Å². The SMILES string of the molecule is COC(C)CN(C=O)c1noc2c(F)c3c(cc12)CC1(C(=O)NC(=O)NC1=O)C1C(C)OC(C)CN31. The van der Waals surface area contributed by atoms with Crippen LogP contribution in [0.15, 0.2) is 10.6 Å². The molecule has 36 heavy (non-hydrogen) atoms. The molecule has 1 aromatic carbocycles. The van der Waals surface area contributed by atoms with Gasteiger partial charge in [-0.25, -0.2) is 9.18 Å². The molecule has 4 atom stereocenters. The zero-order valence-electron chi connectivity index (χ0n) is 20.2. The summed E-state index contributed by atoms with van der Waals surface area (Å²) >= 11 is 0. The number of nitrogens with one attached hydrogen (secondary N) is 2. The predicted octanol–water partition coefficient (Wildman–Crippen LogP) is 0.855. The molecule has 3 aliphatic rings. The summed E-state index contributed by atoms with van der Waals surface area (Å²) in [5, 5.41) is 8.54. The lowest BCUT2D eigenvalue weighted by molar-refractivity contribution is -0.153. The van der Waals surface area contributed by atoms with Crippen molar-refractivity contribution in [3.8, 4) is 0 Å². The lowest BCUT2D eigenvalue weighted by atomic mass is 9.66. The number of aromatic nitrogens is 1. The Kier molecular flexibility index (Phi) is 5.71. The molecule has 4 unspecified atom stereocenters. The number of nitrogens with zero attached hydrogens (tertiary/aromatic N) is 3. The van der Waals surface area contributed by atoms with Crippen LogP contribution in [0.5, 0.6) is 0 Å². The smallest absolute Gasteiger partial charge is 0.328 e. The Morgan fingerprint density at radius 2 is 2.03 bits per heavy atom. The number of hydrogen-bond acceptors (Lipinski definition) is 9. The van der Waals surface area contributed by atoms with Gasteiger partial charge in [0.1, 0.15) is 0 Å². The van der Waals surface area contributed by atoms with Crippen LogP contribution in [0.25, 0.3) is 11.0 Å². The molecule has 5 rings (SSSR count). The van der Waals surface area contributed by atoms with Gasteiger partial charge in [0.05, 0.1) is 42.0 Å². The van der Waals surface area contributed by atoms with Gasteiger partial charge in [-0.05, 0) is 32.4 Å². The lowest BCUT2D eigenvalue weighted by Crippen LogP contribution is -2.75. The highest BCUT2D eigenvalue weighted by Gasteiger charge is 2.63. The van der Waals surface area contributed by atoms with E-state index in [-0.39, 0.29) is 54.2 Å². The molecular weight excluding hydrogens is 477 g/mol. The number of morpholine rings is 1. The Balaban J connectivity index is 1.71. The molecule has 5 amide bonds. The number of urea groups is 1. The quantitative estimate of drug-likeness (QED) is 0.448. The second-order valence-electron chi connectivity index (χ2n) is 9.52. The van der Waals surface area contributed by atoms with Crippen molar-refractivity contribution in [2.45, 2.75) is 51.5 Å². The van der Waals surface area contributed by atoms with Crippen molar-refractivity contribution in [3.05, 3.63) is 17.4 Å². The highest BCUT2D eigenvalue weighted by Crippen LogP contribution is 2.49. The van der Waals surface area contributed by atoms with Crippen molar-refractivity contribution in [1.82, 2.24) is 15.8 Å². The number of carbonyl (C=O) groups is 4. The second-order valence-corrected chi connectivity index (χ2v) is 9.52. The zero-order valence-corrected chi connectivity index (χ0v) is 20.2. The topological polar surface area (TPSA) is 143 Å². The molecule has 0 aliphatic carbocycles. The van der Waals surface area contributed by atoms with Crippen molar-refractivity contribution >= 4 is 46.7 Å². The predicted molar refractivity (Wildman–Crippen MR) is 123 cm³/mol. The number of hydrogen-bond donors (Lipinski definition) is 2. The normalized spacial score (nSPS) is 25.8. The largest absolute Gasteiger partial charge is 0.380 e. The molecule has 0 bridgehead atoms. The standard InChI is InChI=1S/C23H26FN5O7/c1-10(34-4)7-28(9-30)19-14-5-13-6-23(20(31)25-22(33)26-21(23)32)18-12(3)35-11(2)8-29(18)16(13)15(24)17(14)36-27-19/h5,9-12,18H,6-8H2,1-4H3,(H2,25,26,31,32,33). The van der Waals surface area contributed by atoms with Gasteiger partial charge >= 0.3 is 6.03 Å². The van der Waals surface area contributed by atoms with Crippen LogP contribution in [0.3, 0.4) is 0 Å². The van der Waals surface area contributed by atoms with Crippen molar-refractivity contribution in [3.63, 3.8) is 0 Å². The summed E-state index contributed by atoms with van der Waals surface area (Å²) in [6.07, 6.45) is -0.980. The molecule has 1 spiro atoms. The zero-order chi connectivity index (χ0) is 25.9. The fraction of sp³-hybridized carbons (Fsp3) is 0.522. The maximum atomic E-state index is 16.1. The molecule has 3 aliphatic heterocycles. The molecule has 12 nitrogen and oxygen atoms in total. The highest BCUT2D eigenvalue weighted by atomic mass is 19.1. The minimum atomic E-state index is -1.76. The Morgan fingerprint density at radius 1 is 1.33 bits per heavy atom. The molecule has 2 fully saturated rings. The summed E-state index contributed by atoms with van der Waals surface area (Å²) in [5.41, 5.74) is -1.40. The average Bonchev–Trinajstić information content (AvgIpc) is 3.24. The third kappa shape index (κ3) is 3.37. The van der Waals surface area contributed by atoms with Crippen LogP contribution in [0.4, 0.5) is 20.7 Å².